The first-order chi connectivity index (χ1) is 10.7. The van der Waals surface area contributed by atoms with Gasteiger partial charge in [0.2, 0.25) is 0 Å². The predicted octanol–water partition coefficient (Wildman–Crippen LogP) is 1.13. The SMILES string of the molecule is O=C(O)C(F)(F)F.O=C(O)CC[n+]1ccc(-c2ccno2)cn1. The molecule has 2 rings (SSSR count). The number of hydrogen-bond acceptors (Lipinski definition) is 5. The Balaban J connectivity index is 0.000000322. The van der Waals surface area contributed by atoms with Crippen LogP contribution in [0.3, 0.4) is 0 Å². The molecule has 0 unspecified atom stereocenters. The molecule has 124 valence electrons. The molecule has 0 fully saturated rings. The number of aliphatic carboxylic acids is 2. The minimum atomic E-state index is -5.08. The zero-order chi connectivity index (χ0) is 17.5. The fraction of sp³-hybridized carbons (Fsp3) is 0.250. The van der Waals surface area contributed by atoms with E-state index in [1.807, 2.05) is 0 Å². The highest BCUT2D eigenvalue weighted by Gasteiger charge is 2.38. The standard InChI is InChI=1S/C10H9N3O3.C2HF3O2/c14-10(15)3-6-13-5-2-8(7-11-13)9-1-4-12-16-9;3-2(4,5)1(6)7/h1-2,4-5,7H,3,6H2;(H,6,7)/p+1. The van der Waals surface area contributed by atoms with Crippen LogP contribution in [0.5, 0.6) is 0 Å². The average Bonchev–Trinajstić information content (AvgIpc) is 2.99. The van der Waals surface area contributed by atoms with E-state index in [-0.39, 0.29) is 6.42 Å². The molecular weight excluding hydrogens is 323 g/mol. The van der Waals surface area contributed by atoms with Gasteiger partial charge in [0.05, 0.1) is 11.8 Å². The van der Waals surface area contributed by atoms with Crippen molar-refractivity contribution in [3.63, 3.8) is 0 Å². The Kier molecular flexibility index (Phi) is 6.18. The van der Waals surface area contributed by atoms with Crippen LogP contribution in [-0.2, 0) is 16.1 Å². The van der Waals surface area contributed by atoms with Crippen LogP contribution in [0.1, 0.15) is 6.42 Å². The molecule has 0 aliphatic rings. The van der Waals surface area contributed by atoms with Gasteiger partial charge in [-0.3, -0.25) is 4.79 Å². The molecule has 23 heavy (non-hydrogen) atoms. The third kappa shape index (κ3) is 6.54. The molecule has 0 saturated carbocycles. The van der Waals surface area contributed by atoms with Crippen LogP contribution in [0.15, 0.2) is 35.2 Å². The Morgan fingerprint density at radius 1 is 1.26 bits per heavy atom. The summed E-state index contributed by atoms with van der Waals surface area (Å²) in [6.45, 7) is 0.353. The lowest BCUT2D eigenvalue weighted by molar-refractivity contribution is -0.752. The van der Waals surface area contributed by atoms with Gasteiger partial charge < -0.3 is 14.7 Å². The van der Waals surface area contributed by atoms with Crippen molar-refractivity contribution in [3.8, 4) is 11.3 Å². The van der Waals surface area contributed by atoms with Gasteiger partial charge in [-0.05, 0) is 5.10 Å². The van der Waals surface area contributed by atoms with Crippen LogP contribution in [0.25, 0.3) is 11.3 Å². The van der Waals surface area contributed by atoms with Crippen molar-refractivity contribution in [1.29, 1.82) is 0 Å². The molecule has 0 atom stereocenters. The summed E-state index contributed by atoms with van der Waals surface area (Å²) in [6.07, 6.45) is -0.150. The Morgan fingerprint density at radius 3 is 2.30 bits per heavy atom. The lowest BCUT2D eigenvalue weighted by Crippen LogP contribution is -2.38. The van der Waals surface area contributed by atoms with Gasteiger partial charge in [-0.25, -0.2) is 4.79 Å². The number of nitrogens with zero attached hydrogens (tertiary/aromatic N) is 3. The fourth-order valence-electron chi connectivity index (χ4n) is 1.24. The summed E-state index contributed by atoms with van der Waals surface area (Å²) in [5.74, 6) is -2.96. The third-order valence-electron chi connectivity index (χ3n) is 2.29. The van der Waals surface area contributed by atoms with Crippen molar-refractivity contribution < 1.29 is 42.2 Å². The van der Waals surface area contributed by atoms with Crippen LogP contribution in [0, 0.1) is 0 Å². The highest BCUT2D eigenvalue weighted by molar-refractivity contribution is 5.73. The summed E-state index contributed by atoms with van der Waals surface area (Å²) in [7, 11) is 0. The van der Waals surface area contributed by atoms with Crippen LogP contribution < -0.4 is 4.68 Å². The van der Waals surface area contributed by atoms with E-state index in [2.05, 4.69) is 10.3 Å². The van der Waals surface area contributed by atoms with Gasteiger partial charge in [0.1, 0.15) is 12.6 Å². The van der Waals surface area contributed by atoms with Crippen molar-refractivity contribution in [1.82, 2.24) is 10.3 Å². The second-order valence-electron chi connectivity index (χ2n) is 4.00. The van der Waals surface area contributed by atoms with Gasteiger partial charge >= 0.3 is 18.1 Å². The van der Waals surface area contributed by atoms with E-state index in [1.54, 1.807) is 35.4 Å². The minimum Gasteiger partial charge on any atom is -0.481 e. The predicted molar refractivity (Wildman–Crippen MR) is 65.9 cm³/mol. The Bertz CT molecular complexity index is 641. The van der Waals surface area contributed by atoms with Crippen molar-refractivity contribution in [2.24, 2.45) is 0 Å². The maximum absolute atomic E-state index is 10.6. The highest BCUT2D eigenvalue weighted by Crippen LogP contribution is 2.15. The summed E-state index contributed by atoms with van der Waals surface area (Å²) < 4.78 is 38.3. The van der Waals surface area contributed by atoms with E-state index in [0.717, 1.165) is 5.56 Å². The number of carboxylic acid groups (broad SMARTS) is 2. The van der Waals surface area contributed by atoms with Gasteiger partial charge in [0, 0.05) is 12.1 Å². The minimum absolute atomic E-state index is 0.0549. The molecule has 0 bridgehead atoms. The molecule has 0 aromatic carbocycles. The largest absolute Gasteiger partial charge is 0.490 e. The monoisotopic (exact) mass is 334 g/mol. The lowest BCUT2D eigenvalue weighted by Gasteiger charge is -1.93. The third-order valence-corrected chi connectivity index (χ3v) is 2.29. The number of alkyl halides is 3. The smallest absolute Gasteiger partial charge is 0.481 e. The topological polar surface area (TPSA) is 117 Å². The molecule has 0 spiro atoms. The van der Waals surface area contributed by atoms with Crippen molar-refractivity contribution in [2.45, 2.75) is 19.1 Å². The average molecular weight is 334 g/mol. The molecule has 0 radical (unpaired) electrons. The number of aryl methyl sites for hydroxylation is 1. The molecule has 0 aliphatic heterocycles. The first-order valence-corrected chi connectivity index (χ1v) is 5.99. The summed E-state index contributed by atoms with van der Waals surface area (Å²) in [4.78, 5) is 19.3. The van der Waals surface area contributed by atoms with E-state index in [9.17, 15) is 18.0 Å². The Labute approximate surface area is 126 Å². The quantitative estimate of drug-likeness (QED) is 0.805. The van der Waals surface area contributed by atoms with Gasteiger partial charge in [0.15, 0.2) is 18.5 Å². The van der Waals surface area contributed by atoms with Crippen LogP contribution in [0.2, 0.25) is 0 Å². The number of hydrogen-bond donors (Lipinski definition) is 2. The van der Waals surface area contributed by atoms with Crippen molar-refractivity contribution in [3.05, 3.63) is 30.7 Å². The molecule has 11 heteroatoms. The number of carbonyl (C=O) groups is 2. The van der Waals surface area contributed by atoms with E-state index >= 15 is 0 Å². The fourth-order valence-corrected chi connectivity index (χ4v) is 1.24. The number of carboxylic acids is 2. The first-order valence-electron chi connectivity index (χ1n) is 5.99. The van der Waals surface area contributed by atoms with Gasteiger partial charge in [-0.1, -0.05) is 9.84 Å². The molecule has 2 aromatic rings. The summed E-state index contributed by atoms with van der Waals surface area (Å²) in [5.41, 5.74) is 0.809. The van der Waals surface area contributed by atoms with Gasteiger partial charge in [0.25, 0.3) is 0 Å². The molecule has 0 amide bonds. The molecule has 2 heterocycles. The molecule has 8 nitrogen and oxygen atoms in total. The summed E-state index contributed by atoms with van der Waals surface area (Å²) >= 11 is 0. The Hall–Kier alpha value is -2.98. The molecule has 2 aromatic heterocycles. The first kappa shape index (κ1) is 18.1. The number of halogens is 3. The van der Waals surface area contributed by atoms with E-state index < -0.39 is 18.1 Å². The van der Waals surface area contributed by atoms with E-state index in [0.29, 0.717) is 12.3 Å². The van der Waals surface area contributed by atoms with Crippen molar-refractivity contribution in [2.75, 3.05) is 0 Å². The maximum Gasteiger partial charge on any atom is 0.490 e. The number of rotatable bonds is 4. The van der Waals surface area contributed by atoms with E-state index in [4.69, 9.17) is 19.5 Å². The molecule has 2 N–H and O–H groups in total. The molecular formula is C12H11F3N3O5+. The highest BCUT2D eigenvalue weighted by atomic mass is 19.4. The second kappa shape index (κ2) is 7.87. The van der Waals surface area contributed by atoms with Crippen LogP contribution in [0.4, 0.5) is 13.2 Å². The Morgan fingerprint density at radius 2 is 1.91 bits per heavy atom. The maximum atomic E-state index is 10.6. The zero-order valence-corrected chi connectivity index (χ0v) is 11.4. The summed E-state index contributed by atoms with van der Waals surface area (Å²) in [5, 5.41) is 23.3. The lowest BCUT2D eigenvalue weighted by atomic mass is 10.2. The van der Waals surface area contributed by atoms with E-state index in [1.165, 1.54) is 0 Å². The van der Waals surface area contributed by atoms with Gasteiger partial charge in [-0.15, -0.1) is 0 Å². The van der Waals surface area contributed by atoms with Crippen molar-refractivity contribution >= 4 is 11.9 Å². The van der Waals surface area contributed by atoms with Crippen LogP contribution in [-0.4, -0.2) is 38.6 Å². The zero-order valence-electron chi connectivity index (χ0n) is 11.4. The summed E-state index contributed by atoms with van der Waals surface area (Å²) in [6, 6.07) is 3.54. The molecule has 0 aliphatic carbocycles. The number of aromatic nitrogens is 3. The normalized spacial score (nSPS) is 10.6. The second-order valence-corrected chi connectivity index (χ2v) is 4.00. The molecule has 0 saturated heterocycles. The van der Waals surface area contributed by atoms with Crippen LogP contribution >= 0.6 is 0 Å². The van der Waals surface area contributed by atoms with Gasteiger partial charge in [-0.2, -0.15) is 13.2 Å².